The molecule has 0 bridgehead atoms. The highest BCUT2D eigenvalue weighted by Crippen LogP contribution is 2.16. The van der Waals surface area contributed by atoms with E-state index in [1.54, 1.807) is 0 Å². The van der Waals surface area contributed by atoms with Gasteiger partial charge in [-0.15, -0.1) is 0 Å². The molecular formula is C7H14N4S. The molecule has 1 aromatic heterocycles. The van der Waals surface area contributed by atoms with Gasteiger partial charge in [-0.1, -0.05) is 13.8 Å². The van der Waals surface area contributed by atoms with Crippen LogP contribution in [0.2, 0.25) is 0 Å². The molecule has 1 aromatic rings. The summed E-state index contributed by atoms with van der Waals surface area (Å²) in [4.78, 5) is 4.30. The van der Waals surface area contributed by atoms with Gasteiger partial charge in [0.15, 0.2) is 0 Å². The fourth-order valence-electron chi connectivity index (χ4n) is 0.706. The summed E-state index contributed by atoms with van der Waals surface area (Å²) in [6.07, 6.45) is 0. The molecule has 1 rings (SSSR count). The Morgan fingerprint density at radius 1 is 1.42 bits per heavy atom. The summed E-state index contributed by atoms with van der Waals surface area (Å²) >= 11 is 1.39. The number of hydrogen-bond donors (Lipinski definition) is 1. The Morgan fingerprint density at radius 2 is 2.08 bits per heavy atom. The van der Waals surface area contributed by atoms with Crippen LogP contribution >= 0.6 is 11.5 Å². The van der Waals surface area contributed by atoms with Crippen LogP contribution in [-0.2, 0) is 0 Å². The third-order valence-electron chi connectivity index (χ3n) is 1.28. The molecule has 0 aliphatic heterocycles. The summed E-state index contributed by atoms with van der Waals surface area (Å²) in [5, 5.41) is 2.70. The van der Waals surface area contributed by atoms with Crippen LogP contribution in [0.5, 0.6) is 0 Å². The number of hydrogen-bond acceptors (Lipinski definition) is 5. The van der Waals surface area contributed by atoms with E-state index in [-0.39, 0.29) is 0 Å². The standard InChI is InChI=1S/C7H14N4S/c1-5(2)6-8-7(12-10-6)9-11(3)4/h5H,1-4H3,(H,8,9,10). The Labute approximate surface area is 76.8 Å². The summed E-state index contributed by atoms with van der Waals surface area (Å²) in [6.45, 7) is 4.17. The van der Waals surface area contributed by atoms with Crippen molar-refractivity contribution in [2.45, 2.75) is 19.8 Å². The molecule has 5 heteroatoms. The SMILES string of the molecule is CC(C)c1nsc(NN(C)C)n1. The summed E-state index contributed by atoms with van der Waals surface area (Å²) in [5.74, 6) is 1.31. The first-order valence-electron chi connectivity index (χ1n) is 3.87. The molecule has 0 aliphatic carbocycles. The Bertz CT molecular complexity index is 243. The summed E-state index contributed by atoms with van der Waals surface area (Å²) in [6, 6.07) is 0. The van der Waals surface area contributed by atoms with E-state index in [9.17, 15) is 0 Å². The molecule has 1 N–H and O–H groups in total. The van der Waals surface area contributed by atoms with Crippen molar-refractivity contribution in [3.05, 3.63) is 5.82 Å². The van der Waals surface area contributed by atoms with Gasteiger partial charge in [-0.2, -0.15) is 4.37 Å². The van der Waals surface area contributed by atoms with E-state index < -0.39 is 0 Å². The number of rotatable bonds is 3. The lowest BCUT2D eigenvalue weighted by Gasteiger charge is -2.08. The number of hydrazine groups is 1. The van der Waals surface area contributed by atoms with Gasteiger partial charge in [-0.05, 0) is 0 Å². The highest BCUT2D eigenvalue weighted by Gasteiger charge is 2.06. The predicted octanol–water partition coefficient (Wildman–Crippen LogP) is 1.55. The van der Waals surface area contributed by atoms with E-state index in [0.717, 1.165) is 11.0 Å². The quantitative estimate of drug-likeness (QED) is 0.727. The number of anilines is 1. The molecule has 0 unspecified atom stereocenters. The Morgan fingerprint density at radius 3 is 2.50 bits per heavy atom. The molecule has 1 heterocycles. The Hall–Kier alpha value is -0.680. The number of nitrogens with zero attached hydrogens (tertiary/aromatic N) is 3. The molecule has 0 radical (unpaired) electrons. The summed E-state index contributed by atoms with van der Waals surface area (Å²) in [7, 11) is 3.85. The van der Waals surface area contributed by atoms with Gasteiger partial charge in [0, 0.05) is 31.5 Å². The predicted molar refractivity (Wildman–Crippen MR) is 51.3 cm³/mol. The minimum atomic E-state index is 0.402. The average molecular weight is 186 g/mol. The first-order chi connectivity index (χ1) is 5.59. The van der Waals surface area contributed by atoms with Gasteiger partial charge in [0.2, 0.25) is 5.13 Å². The van der Waals surface area contributed by atoms with Crippen molar-refractivity contribution in [1.29, 1.82) is 0 Å². The zero-order valence-electron chi connectivity index (χ0n) is 7.83. The lowest BCUT2D eigenvalue weighted by molar-refractivity contribution is 0.494. The second kappa shape index (κ2) is 3.82. The van der Waals surface area contributed by atoms with Crippen molar-refractivity contribution in [3.8, 4) is 0 Å². The van der Waals surface area contributed by atoms with Crippen LogP contribution in [0.25, 0.3) is 0 Å². The maximum atomic E-state index is 4.30. The van der Waals surface area contributed by atoms with Crippen LogP contribution in [0.15, 0.2) is 0 Å². The molecule has 0 saturated heterocycles. The first kappa shape index (κ1) is 9.41. The van der Waals surface area contributed by atoms with Crippen molar-refractivity contribution in [3.63, 3.8) is 0 Å². The van der Waals surface area contributed by atoms with Gasteiger partial charge in [-0.25, -0.2) is 9.99 Å². The lowest BCUT2D eigenvalue weighted by atomic mass is 10.2. The van der Waals surface area contributed by atoms with Gasteiger partial charge in [0.25, 0.3) is 0 Å². The van der Waals surface area contributed by atoms with Crippen molar-refractivity contribution in [2.75, 3.05) is 19.5 Å². The second-order valence-electron chi connectivity index (χ2n) is 3.12. The van der Waals surface area contributed by atoms with Crippen LogP contribution < -0.4 is 5.43 Å². The molecule has 0 aromatic carbocycles. The molecule has 4 nitrogen and oxygen atoms in total. The van der Waals surface area contributed by atoms with Gasteiger partial charge in [0.05, 0.1) is 0 Å². The molecule has 0 saturated carbocycles. The minimum Gasteiger partial charge on any atom is -0.294 e. The zero-order chi connectivity index (χ0) is 9.14. The lowest BCUT2D eigenvalue weighted by Crippen LogP contribution is -2.19. The minimum absolute atomic E-state index is 0.402. The smallest absolute Gasteiger partial charge is 0.217 e. The van der Waals surface area contributed by atoms with Crippen LogP contribution in [0.1, 0.15) is 25.6 Å². The maximum absolute atomic E-state index is 4.30. The highest BCUT2D eigenvalue weighted by atomic mass is 32.1. The third-order valence-corrected chi connectivity index (χ3v) is 1.91. The van der Waals surface area contributed by atoms with Gasteiger partial charge >= 0.3 is 0 Å². The number of aromatic nitrogens is 2. The second-order valence-corrected chi connectivity index (χ2v) is 3.87. The highest BCUT2D eigenvalue weighted by molar-refractivity contribution is 7.09. The monoisotopic (exact) mass is 186 g/mol. The first-order valence-corrected chi connectivity index (χ1v) is 4.64. The molecule has 0 atom stereocenters. The molecule has 0 fully saturated rings. The summed E-state index contributed by atoms with van der Waals surface area (Å²) < 4.78 is 4.21. The van der Waals surface area contributed by atoms with Gasteiger partial charge in [-0.3, -0.25) is 5.43 Å². The maximum Gasteiger partial charge on any atom is 0.217 e. The van der Waals surface area contributed by atoms with E-state index in [1.807, 2.05) is 19.1 Å². The van der Waals surface area contributed by atoms with Gasteiger partial charge in [0.1, 0.15) is 5.82 Å². The summed E-state index contributed by atoms with van der Waals surface area (Å²) in [5.41, 5.74) is 3.06. The third kappa shape index (κ3) is 2.42. The molecule has 68 valence electrons. The topological polar surface area (TPSA) is 41.1 Å². The average Bonchev–Trinajstić information content (AvgIpc) is 2.34. The van der Waals surface area contributed by atoms with Crippen molar-refractivity contribution >= 4 is 16.7 Å². The van der Waals surface area contributed by atoms with Crippen molar-refractivity contribution in [2.24, 2.45) is 0 Å². The van der Waals surface area contributed by atoms with E-state index in [0.29, 0.717) is 5.92 Å². The molecule has 12 heavy (non-hydrogen) atoms. The van der Waals surface area contributed by atoms with Crippen LogP contribution in [0.4, 0.5) is 5.13 Å². The Kier molecular flexibility index (Phi) is 2.99. The number of nitrogens with one attached hydrogen (secondary N) is 1. The van der Waals surface area contributed by atoms with E-state index >= 15 is 0 Å². The van der Waals surface area contributed by atoms with E-state index in [1.165, 1.54) is 11.5 Å². The zero-order valence-corrected chi connectivity index (χ0v) is 8.64. The molecule has 0 aliphatic rings. The van der Waals surface area contributed by atoms with Crippen LogP contribution in [0.3, 0.4) is 0 Å². The normalized spacial score (nSPS) is 11.2. The van der Waals surface area contributed by atoms with E-state index in [2.05, 4.69) is 28.6 Å². The molecule has 0 spiro atoms. The van der Waals surface area contributed by atoms with Crippen LogP contribution in [-0.4, -0.2) is 28.5 Å². The molecule has 0 amide bonds. The van der Waals surface area contributed by atoms with Gasteiger partial charge < -0.3 is 0 Å². The fraction of sp³-hybridized carbons (Fsp3) is 0.714. The van der Waals surface area contributed by atoms with E-state index in [4.69, 9.17) is 0 Å². The van der Waals surface area contributed by atoms with Crippen LogP contribution in [0, 0.1) is 0 Å². The van der Waals surface area contributed by atoms with Crippen molar-refractivity contribution < 1.29 is 0 Å². The molecular weight excluding hydrogens is 172 g/mol. The Balaban J connectivity index is 2.64. The van der Waals surface area contributed by atoms with Crippen molar-refractivity contribution in [1.82, 2.24) is 14.4 Å². The fourth-order valence-corrected chi connectivity index (χ4v) is 1.50. The largest absolute Gasteiger partial charge is 0.294 e.